The van der Waals surface area contributed by atoms with E-state index in [1.807, 2.05) is 13.0 Å². The van der Waals surface area contributed by atoms with Gasteiger partial charge in [0.2, 0.25) is 0 Å². The molecule has 0 fully saturated rings. The summed E-state index contributed by atoms with van der Waals surface area (Å²) in [6.07, 6.45) is -0.404. The van der Waals surface area contributed by atoms with E-state index in [4.69, 9.17) is 4.74 Å². The molecule has 3 rings (SSSR count). The van der Waals surface area contributed by atoms with Crippen molar-refractivity contribution in [1.82, 2.24) is 4.90 Å². The minimum absolute atomic E-state index is 0.107. The van der Waals surface area contributed by atoms with Crippen LogP contribution < -0.4 is 5.32 Å². The van der Waals surface area contributed by atoms with Gasteiger partial charge in [-0.25, -0.2) is 4.79 Å². The van der Waals surface area contributed by atoms with Crippen LogP contribution in [0.15, 0.2) is 48.5 Å². The minimum atomic E-state index is -1.04. The van der Waals surface area contributed by atoms with Crippen LogP contribution in [0, 0.1) is 0 Å². The summed E-state index contributed by atoms with van der Waals surface area (Å²) in [5.41, 5.74) is 1.13. The lowest BCUT2D eigenvalue weighted by Gasteiger charge is -2.20. The lowest BCUT2D eigenvalue weighted by Crippen LogP contribution is -2.37. The lowest BCUT2D eigenvalue weighted by molar-refractivity contribution is -0.123. The summed E-state index contributed by atoms with van der Waals surface area (Å²) in [4.78, 5) is 51.0. The number of benzene rings is 2. The maximum atomic E-state index is 12.6. The van der Waals surface area contributed by atoms with E-state index >= 15 is 0 Å². The number of nitrogens with zero attached hydrogens (tertiary/aromatic N) is 1. The summed E-state index contributed by atoms with van der Waals surface area (Å²) >= 11 is 0. The van der Waals surface area contributed by atoms with Crippen LogP contribution in [0.1, 0.15) is 58.3 Å². The van der Waals surface area contributed by atoms with E-state index in [-0.39, 0.29) is 28.6 Å². The molecule has 0 aliphatic carbocycles. The molecule has 0 saturated heterocycles. The number of ether oxygens (including phenoxy) is 1. The molecule has 0 spiro atoms. The van der Waals surface area contributed by atoms with Crippen LogP contribution in [0.2, 0.25) is 0 Å². The van der Waals surface area contributed by atoms with Gasteiger partial charge in [-0.1, -0.05) is 25.1 Å². The van der Waals surface area contributed by atoms with Gasteiger partial charge in [-0.2, -0.15) is 0 Å². The maximum absolute atomic E-state index is 12.6. The molecule has 150 valence electrons. The van der Waals surface area contributed by atoms with Gasteiger partial charge < -0.3 is 10.1 Å². The zero-order valence-corrected chi connectivity index (χ0v) is 16.5. The van der Waals surface area contributed by atoms with Gasteiger partial charge in [-0.05, 0) is 50.6 Å². The Hall–Kier alpha value is -3.48. The third kappa shape index (κ3) is 4.03. The Bertz CT molecular complexity index is 970. The molecule has 29 heavy (non-hydrogen) atoms. The van der Waals surface area contributed by atoms with Gasteiger partial charge in [0.25, 0.3) is 17.7 Å². The highest BCUT2D eigenvalue weighted by molar-refractivity contribution is 6.22. The zero-order valence-electron chi connectivity index (χ0n) is 16.5. The van der Waals surface area contributed by atoms with E-state index < -0.39 is 23.9 Å². The van der Waals surface area contributed by atoms with Gasteiger partial charge in [-0.3, -0.25) is 19.3 Å². The molecule has 2 aromatic carbocycles. The first-order valence-corrected chi connectivity index (χ1v) is 9.42. The molecule has 0 aromatic heterocycles. The fourth-order valence-corrected chi connectivity index (χ4v) is 3.02. The first-order valence-electron chi connectivity index (χ1n) is 9.42. The first kappa shape index (κ1) is 20.3. The maximum Gasteiger partial charge on any atom is 0.338 e. The second-order valence-corrected chi connectivity index (χ2v) is 6.90. The highest BCUT2D eigenvalue weighted by Gasteiger charge is 2.38. The van der Waals surface area contributed by atoms with E-state index in [9.17, 15) is 19.2 Å². The van der Waals surface area contributed by atoms with Crippen LogP contribution in [-0.4, -0.2) is 40.7 Å². The van der Waals surface area contributed by atoms with Gasteiger partial charge in [0.1, 0.15) is 0 Å². The third-order valence-electron chi connectivity index (χ3n) is 4.88. The van der Waals surface area contributed by atoms with Crippen molar-refractivity contribution in [3.8, 4) is 0 Å². The molecule has 3 amide bonds. The number of carbonyl (C=O) groups excluding carboxylic acids is 4. The number of rotatable bonds is 6. The molecule has 1 N–H and O–H groups in total. The lowest BCUT2D eigenvalue weighted by atomic mass is 10.1. The quantitative estimate of drug-likeness (QED) is 0.600. The summed E-state index contributed by atoms with van der Waals surface area (Å²) in [5, 5.41) is 2.66. The molecular formula is C22H22N2O5. The highest BCUT2D eigenvalue weighted by atomic mass is 16.5. The summed E-state index contributed by atoms with van der Waals surface area (Å²) in [6, 6.07) is 12.8. The Morgan fingerprint density at radius 2 is 1.66 bits per heavy atom. The van der Waals surface area contributed by atoms with Gasteiger partial charge in [0.15, 0.2) is 6.10 Å². The third-order valence-corrected chi connectivity index (χ3v) is 4.88. The van der Waals surface area contributed by atoms with Gasteiger partial charge >= 0.3 is 5.97 Å². The fourth-order valence-electron chi connectivity index (χ4n) is 3.02. The van der Waals surface area contributed by atoms with Crippen molar-refractivity contribution in [2.24, 2.45) is 0 Å². The Morgan fingerprint density at radius 3 is 2.31 bits per heavy atom. The smallest absolute Gasteiger partial charge is 0.338 e. The summed E-state index contributed by atoms with van der Waals surface area (Å²) in [7, 11) is 0. The van der Waals surface area contributed by atoms with Crippen molar-refractivity contribution in [2.75, 3.05) is 5.32 Å². The van der Waals surface area contributed by atoms with E-state index in [1.165, 1.54) is 30.0 Å². The van der Waals surface area contributed by atoms with Crippen molar-refractivity contribution >= 4 is 29.4 Å². The Morgan fingerprint density at radius 1 is 1.00 bits per heavy atom. The number of anilines is 1. The number of carbonyl (C=O) groups is 4. The van der Waals surface area contributed by atoms with Crippen LogP contribution in [0.5, 0.6) is 0 Å². The predicted octanol–water partition coefficient (Wildman–Crippen LogP) is 3.27. The molecule has 1 aliphatic heterocycles. The van der Waals surface area contributed by atoms with Crippen LogP contribution in [0.3, 0.4) is 0 Å². The molecule has 0 bridgehead atoms. The van der Waals surface area contributed by atoms with E-state index in [2.05, 4.69) is 5.32 Å². The van der Waals surface area contributed by atoms with E-state index in [0.717, 1.165) is 0 Å². The summed E-state index contributed by atoms with van der Waals surface area (Å²) in [5.74, 6) is -2.01. The second-order valence-electron chi connectivity index (χ2n) is 6.90. The Balaban J connectivity index is 1.72. The van der Waals surface area contributed by atoms with Gasteiger partial charge in [0.05, 0.1) is 16.7 Å². The van der Waals surface area contributed by atoms with Crippen LogP contribution in [-0.2, 0) is 9.53 Å². The molecule has 2 aromatic rings. The molecule has 1 aliphatic rings. The highest BCUT2D eigenvalue weighted by Crippen LogP contribution is 2.27. The van der Waals surface area contributed by atoms with Gasteiger partial charge in [-0.15, -0.1) is 0 Å². The summed E-state index contributed by atoms with van der Waals surface area (Å²) in [6.45, 7) is 5.14. The van der Waals surface area contributed by atoms with Crippen molar-refractivity contribution in [2.45, 2.75) is 39.3 Å². The molecule has 7 nitrogen and oxygen atoms in total. The van der Waals surface area contributed by atoms with Crippen LogP contribution in [0.4, 0.5) is 5.69 Å². The topological polar surface area (TPSA) is 92.8 Å². The molecule has 7 heteroatoms. The SMILES string of the molecule is CC[C@H](C)N1C(=O)c2ccc(C(=O)O[C@H](C)C(=O)Nc3ccccc3)cc2C1=O. The van der Waals surface area contributed by atoms with Crippen LogP contribution in [0.25, 0.3) is 0 Å². The number of esters is 1. The molecule has 2 atom stereocenters. The Labute approximate surface area is 168 Å². The minimum Gasteiger partial charge on any atom is -0.449 e. The number of imide groups is 1. The number of hydrogen-bond acceptors (Lipinski definition) is 5. The fraction of sp³-hybridized carbons (Fsp3) is 0.273. The van der Waals surface area contributed by atoms with Crippen molar-refractivity contribution in [3.63, 3.8) is 0 Å². The number of hydrogen-bond donors (Lipinski definition) is 1. The number of nitrogens with one attached hydrogen (secondary N) is 1. The van der Waals surface area contributed by atoms with Crippen molar-refractivity contribution in [3.05, 3.63) is 65.2 Å². The molecular weight excluding hydrogens is 372 g/mol. The molecule has 1 heterocycles. The summed E-state index contributed by atoms with van der Waals surface area (Å²) < 4.78 is 5.23. The van der Waals surface area contributed by atoms with Crippen LogP contribution >= 0.6 is 0 Å². The normalized spacial score (nSPS) is 14.9. The monoisotopic (exact) mass is 394 g/mol. The van der Waals surface area contributed by atoms with Crippen molar-refractivity contribution in [1.29, 1.82) is 0 Å². The van der Waals surface area contributed by atoms with E-state index in [0.29, 0.717) is 12.1 Å². The van der Waals surface area contributed by atoms with E-state index in [1.54, 1.807) is 31.2 Å². The first-order chi connectivity index (χ1) is 13.8. The average molecular weight is 394 g/mol. The number of para-hydroxylation sites is 1. The standard InChI is InChI=1S/C22H22N2O5/c1-4-13(2)24-20(26)17-11-10-15(12-18(17)21(24)27)22(28)29-14(3)19(25)23-16-8-6-5-7-9-16/h5-14H,4H2,1-3H3,(H,23,25)/t13-,14+/m0/s1. The molecule has 0 unspecified atom stereocenters. The molecule has 0 saturated carbocycles. The van der Waals surface area contributed by atoms with Gasteiger partial charge in [0, 0.05) is 11.7 Å². The largest absolute Gasteiger partial charge is 0.449 e. The predicted molar refractivity (Wildman–Crippen MR) is 107 cm³/mol. The average Bonchev–Trinajstić information content (AvgIpc) is 2.98. The number of amides is 3. The second kappa shape index (κ2) is 8.26. The molecule has 0 radical (unpaired) electrons. The number of fused-ring (bicyclic) bond motifs is 1. The van der Waals surface area contributed by atoms with Crippen molar-refractivity contribution < 1.29 is 23.9 Å². The Kier molecular flexibility index (Phi) is 5.77. The zero-order chi connectivity index (χ0) is 21.1.